The van der Waals surface area contributed by atoms with Crippen LogP contribution in [0.25, 0.3) is 0 Å². The maximum Gasteiger partial charge on any atom is 0.237 e. The minimum atomic E-state index is -0.444. The molecule has 1 aliphatic rings. The fraction of sp³-hybridized carbons (Fsp3) is 0.875. The van der Waals surface area contributed by atoms with Crippen molar-refractivity contribution in [3.8, 4) is 0 Å². The number of carbonyl (C=O) groups is 1. The normalized spacial score (nSPS) is 18.9. The van der Waals surface area contributed by atoms with Crippen molar-refractivity contribution in [3.63, 3.8) is 0 Å². The molecule has 0 radical (unpaired) electrons. The Morgan fingerprint density at radius 2 is 1.93 bits per heavy atom. The molecule has 4 nitrogen and oxygen atoms in total. The third kappa shape index (κ3) is 3.61. The fourth-order valence-corrected chi connectivity index (χ4v) is 1.70. The van der Waals surface area contributed by atoms with Crippen LogP contribution in [-0.4, -0.2) is 31.1 Å². The second-order valence-electron chi connectivity index (χ2n) is 3.23. The zero-order valence-corrected chi connectivity index (χ0v) is 9.97. The smallest absolute Gasteiger partial charge is 0.237 e. The van der Waals surface area contributed by atoms with Crippen molar-refractivity contribution in [2.45, 2.75) is 25.3 Å². The van der Waals surface area contributed by atoms with Gasteiger partial charge in [0, 0.05) is 0 Å². The molecule has 6 heteroatoms. The SMILES string of the molecule is CCNC1(C(N)=O)CCNCC1.Cl.Cl. The number of carbonyl (C=O) groups excluding carboxylic acids is 1. The first-order valence-electron chi connectivity index (χ1n) is 4.47. The van der Waals surface area contributed by atoms with E-state index in [-0.39, 0.29) is 30.7 Å². The standard InChI is InChI=1S/C8H17N3O.2ClH/c1-2-11-8(7(9)12)3-5-10-6-4-8;;/h10-11H,2-6H2,1H3,(H2,9,12);2*1H. The number of piperidine rings is 1. The molecule has 86 valence electrons. The summed E-state index contributed by atoms with van der Waals surface area (Å²) in [6, 6.07) is 0. The summed E-state index contributed by atoms with van der Waals surface area (Å²) in [5, 5.41) is 6.39. The van der Waals surface area contributed by atoms with E-state index >= 15 is 0 Å². The Balaban J connectivity index is 0. The molecule has 1 fully saturated rings. The van der Waals surface area contributed by atoms with Crippen molar-refractivity contribution in [1.82, 2.24) is 10.6 Å². The summed E-state index contributed by atoms with van der Waals surface area (Å²) in [6.07, 6.45) is 1.60. The molecule has 0 saturated carbocycles. The van der Waals surface area contributed by atoms with Gasteiger partial charge in [-0.15, -0.1) is 24.8 Å². The maximum atomic E-state index is 11.2. The highest BCUT2D eigenvalue weighted by molar-refractivity contribution is 5.85. The van der Waals surface area contributed by atoms with Gasteiger partial charge in [0.25, 0.3) is 0 Å². The molecule has 1 rings (SSSR count). The van der Waals surface area contributed by atoms with Gasteiger partial charge < -0.3 is 16.4 Å². The minimum Gasteiger partial charge on any atom is -0.368 e. The van der Waals surface area contributed by atoms with Crippen LogP contribution in [-0.2, 0) is 4.79 Å². The average Bonchev–Trinajstić information content (AvgIpc) is 2.06. The van der Waals surface area contributed by atoms with Gasteiger partial charge in [-0.1, -0.05) is 6.92 Å². The van der Waals surface area contributed by atoms with Gasteiger partial charge in [0.2, 0.25) is 5.91 Å². The molecular formula is C8H19Cl2N3O. The second kappa shape index (κ2) is 7.29. The number of amides is 1. The Kier molecular flexibility index (Phi) is 8.54. The van der Waals surface area contributed by atoms with Crippen LogP contribution in [0.3, 0.4) is 0 Å². The molecule has 1 aliphatic heterocycles. The quantitative estimate of drug-likeness (QED) is 0.657. The molecule has 0 aromatic carbocycles. The molecule has 1 heterocycles. The van der Waals surface area contributed by atoms with Gasteiger partial charge in [0.05, 0.1) is 0 Å². The first-order chi connectivity index (χ1) is 5.71. The zero-order valence-electron chi connectivity index (χ0n) is 8.34. The van der Waals surface area contributed by atoms with Gasteiger partial charge in [0.15, 0.2) is 0 Å². The van der Waals surface area contributed by atoms with E-state index in [9.17, 15) is 4.79 Å². The van der Waals surface area contributed by atoms with Gasteiger partial charge >= 0.3 is 0 Å². The van der Waals surface area contributed by atoms with Crippen LogP contribution in [0.5, 0.6) is 0 Å². The van der Waals surface area contributed by atoms with E-state index in [2.05, 4.69) is 10.6 Å². The highest BCUT2D eigenvalue weighted by atomic mass is 35.5. The molecule has 0 spiro atoms. The predicted octanol–water partition coefficient (Wildman–Crippen LogP) is 0.0470. The van der Waals surface area contributed by atoms with Crippen LogP contribution in [0, 0.1) is 0 Å². The van der Waals surface area contributed by atoms with E-state index in [4.69, 9.17) is 5.73 Å². The van der Waals surface area contributed by atoms with Crippen molar-refractivity contribution in [1.29, 1.82) is 0 Å². The Labute approximate surface area is 97.2 Å². The number of hydrogen-bond acceptors (Lipinski definition) is 3. The van der Waals surface area contributed by atoms with Crippen LogP contribution in [0.4, 0.5) is 0 Å². The van der Waals surface area contributed by atoms with Crippen LogP contribution in [0.15, 0.2) is 0 Å². The van der Waals surface area contributed by atoms with Crippen molar-refractivity contribution in [3.05, 3.63) is 0 Å². The molecule has 0 bridgehead atoms. The summed E-state index contributed by atoms with van der Waals surface area (Å²) in [7, 11) is 0. The Morgan fingerprint density at radius 1 is 1.43 bits per heavy atom. The molecule has 14 heavy (non-hydrogen) atoms. The number of hydrogen-bond donors (Lipinski definition) is 3. The molecule has 4 N–H and O–H groups in total. The van der Waals surface area contributed by atoms with Gasteiger partial charge in [0.1, 0.15) is 5.54 Å². The van der Waals surface area contributed by atoms with Crippen LogP contribution < -0.4 is 16.4 Å². The van der Waals surface area contributed by atoms with E-state index in [0.29, 0.717) is 0 Å². The van der Waals surface area contributed by atoms with Crippen LogP contribution in [0.1, 0.15) is 19.8 Å². The Morgan fingerprint density at radius 3 is 2.29 bits per heavy atom. The summed E-state index contributed by atoms with van der Waals surface area (Å²) in [4.78, 5) is 11.2. The minimum absolute atomic E-state index is 0. The fourth-order valence-electron chi connectivity index (χ4n) is 1.70. The lowest BCUT2D eigenvalue weighted by Crippen LogP contribution is -2.60. The summed E-state index contributed by atoms with van der Waals surface area (Å²) >= 11 is 0. The molecule has 1 amide bonds. The number of rotatable bonds is 3. The lowest BCUT2D eigenvalue weighted by atomic mass is 9.87. The van der Waals surface area contributed by atoms with Crippen molar-refractivity contribution in [2.24, 2.45) is 5.73 Å². The van der Waals surface area contributed by atoms with Gasteiger partial charge in [-0.2, -0.15) is 0 Å². The summed E-state index contributed by atoms with van der Waals surface area (Å²) in [5.41, 5.74) is 4.91. The Bertz CT molecular complexity index is 166. The van der Waals surface area contributed by atoms with Gasteiger partial charge in [-0.05, 0) is 32.5 Å². The molecule has 1 saturated heterocycles. The summed E-state index contributed by atoms with van der Waals surface area (Å²) < 4.78 is 0. The van der Waals surface area contributed by atoms with Crippen LogP contribution >= 0.6 is 24.8 Å². The molecule has 0 aromatic heterocycles. The van der Waals surface area contributed by atoms with Crippen molar-refractivity contribution >= 4 is 30.7 Å². The van der Waals surface area contributed by atoms with Crippen LogP contribution in [0.2, 0.25) is 0 Å². The molecule has 0 aromatic rings. The van der Waals surface area contributed by atoms with E-state index in [1.165, 1.54) is 0 Å². The van der Waals surface area contributed by atoms with E-state index in [0.717, 1.165) is 32.5 Å². The summed E-state index contributed by atoms with van der Waals surface area (Å²) in [5.74, 6) is -0.217. The predicted molar refractivity (Wildman–Crippen MR) is 62.2 cm³/mol. The van der Waals surface area contributed by atoms with E-state index < -0.39 is 5.54 Å². The van der Waals surface area contributed by atoms with E-state index in [1.807, 2.05) is 6.92 Å². The number of nitrogens with one attached hydrogen (secondary N) is 2. The molecule has 0 unspecified atom stereocenters. The van der Waals surface area contributed by atoms with Crippen molar-refractivity contribution in [2.75, 3.05) is 19.6 Å². The third-order valence-electron chi connectivity index (χ3n) is 2.44. The second-order valence-corrected chi connectivity index (χ2v) is 3.23. The molecular weight excluding hydrogens is 225 g/mol. The topological polar surface area (TPSA) is 67.1 Å². The zero-order chi connectivity index (χ0) is 9.03. The number of halogens is 2. The first kappa shape index (κ1) is 16.4. The highest BCUT2D eigenvalue weighted by Gasteiger charge is 2.36. The number of nitrogens with two attached hydrogens (primary N) is 1. The average molecular weight is 244 g/mol. The highest BCUT2D eigenvalue weighted by Crippen LogP contribution is 2.17. The number of primary amides is 1. The lowest BCUT2D eigenvalue weighted by Gasteiger charge is -2.35. The van der Waals surface area contributed by atoms with Gasteiger partial charge in [-0.3, -0.25) is 4.79 Å². The largest absolute Gasteiger partial charge is 0.368 e. The monoisotopic (exact) mass is 243 g/mol. The third-order valence-corrected chi connectivity index (χ3v) is 2.44. The van der Waals surface area contributed by atoms with Crippen molar-refractivity contribution < 1.29 is 4.79 Å². The van der Waals surface area contributed by atoms with E-state index in [1.54, 1.807) is 0 Å². The maximum absolute atomic E-state index is 11.2. The molecule has 0 atom stereocenters. The lowest BCUT2D eigenvalue weighted by molar-refractivity contribution is -0.125. The van der Waals surface area contributed by atoms with Gasteiger partial charge in [-0.25, -0.2) is 0 Å². The Hall–Kier alpha value is -0.0300. The first-order valence-corrected chi connectivity index (χ1v) is 4.47. The molecule has 0 aliphatic carbocycles. The number of likely N-dealkylation sites (N-methyl/N-ethyl adjacent to an activating group) is 1. The summed E-state index contributed by atoms with van der Waals surface area (Å²) in [6.45, 7) is 4.53.